The zero-order chi connectivity index (χ0) is 15.6. The summed E-state index contributed by atoms with van der Waals surface area (Å²) in [5, 5.41) is 2.67. The number of halogens is 1. The number of unbranched alkanes of at least 4 members (excludes halogenated alkanes) is 5. The number of amides is 1. The molecule has 20 heavy (non-hydrogen) atoms. The molecule has 1 N–H and O–H groups in total. The predicted molar refractivity (Wildman–Crippen MR) is 76.8 cm³/mol. The van der Waals surface area contributed by atoms with E-state index in [2.05, 4.69) is 5.32 Å². The van der Waals surface area contributed by atoms with Gasteiger partial charge in [-0.2, -0.15) is 8.42 Å². The molecule has 0 aliphatic rings. The number of hydrogen-bond donors (Lipinski definition) is 1. The Bertz CT molecular complexity index is 376. The first kappa shape index (κ1) is 19.1. The first-order valence-electron chi connectivity index (χ1n) is 6.99. The van der Waals surface area contributed by atoms with Crippen molar-refractivity contribution < 1.29 is 21.8 Å². The van der Waals surface area contributed by atoms with Crippen LogP contribution in [0.5, 0.6) is 0 Å². The summed E-state index contributed by atoms with van der Waals surface area (Å²) in [4.78, 5) is 11.3. The summed E-state index contributed by atoms with van der Waals surface area (Å²) in [7, 11) is -4.31. The van der Waals surface area contributed by atoms with Crippen molar-refractivity contribution in [3.63, 3.8) is 0 Å². The lowest BCUT2D eigenvalue weighted by molar-refractivity contribution is 0.0527. The van der Waals surface area contributed by atoms with Gasteiger partial charge < -0.3 is 10.1 Å². The second-order valence-electron chi connectivity index (χ2n) is 5.79. The average Bonchev–Trinajstić information content (AvgIpc) is 2.22. The Kier molecular flexibility index (Phi) is 8.76. The van der Waals surface area contributed by atoms with Gasteiger partial charge in [-0.05, 0) is 33.6 Å². The lowest BCUT2D eigenvalue weighted by Crippen LogP contribution is -2.32. The molecule has 120 valence electrons. The number of hydrogen-bond acceptors (Lipinski definition) is 4. The first-order valence-corrected chi connectivity index (χ1v) is 8.54. The number of nitrogens with one attached hydrogen (secondary N) is 1. The molecule has 0 fully saturated rings. The van der Waals surface area contributed by atoms with Crippen LogP contribution in [0.2, 0.25) is 0 Å². The van der Waals surface area contributed by atoms with Gasteiger partial charge in [0.15, 0.2) is 0 Å². The molecule has 0 aromatic rings. The van der Waals surface area contributed by atoms with Crippen molar-refractivity contribution in [1.82, 2.24) is 5.32 Å². The summed E-state index contributed by atoms with van der Waals surface area (Å²) in [6, 6.07) is 0. The maximum atomic E-state index is 12.2. The number of alkyl carbamates (subject to hydrolysis) is 1. The first-order chi connectivity index (χ1) is 9.10. The minimum atomic E-state index is -4.31. The largest absolute Gasteiger partial charge is 0.444 e. The molecule has 0 spiro atoms. The molecule has 0 bridgehead atoms. The van der Waals surface area contributed by atoms with Crippen LogP contribution >= 0.6 is 0 Å². The number of ether oxygens (including phenoxy) is 1. The molecule has 0 heterocycles. The van der Waals surface area contributed by atoms with E-state index in [1.165, 1.54) is 0 Å². The fourth-order valence-corrected chi connectivity index (χ4v) is 2.16. The highest BCUT2D eigenvalue weighted by molar-refractivity contribution is 7.86. The van der Waals surface area contributed by atoms with Gasteiger partial charge in [-0.1, -0.05) is 25.7 Å². The van der Waals surface area contributed by atoms with Crippen molar-refractivity contribution in [2.24, 2.45) is 0 Å². The SMILES string of the molecule is CC(C)(C)OC(=O)NCCCCCCCCS(=O)(=O)F. The maximum absolute atomic E-state index is 12.2. The van der Waals surface area contributed by atoms with Gasteiger partial charge in [-0.25, -0.2) is 4.79 Å². The van der Waals surface area contributed by atoms with Crippen LogP contribution < -0.4 is 5.32 Å². The van der Waals surface area contributed by atoms with E-state index >= 15 is 0 Å². The highest BCUT2D eigenvalue weighted by Crippen LogP contribution is 2.08. The van der Waals surface area contributed by atoms with Crippen LogP contribution in [0.3, 0.4) is 0 Å². The minimum absolute atomic E-state index is 0.370. The highest BCUT2D eigenvalue weighted by Gasteiger charge is 2.15. The predicted octanol–water partition coefficient (Wildman–Crippen LogP) is 3.15. The molecule has 0 atom stereocenters. The standard InChI is InChI=1S/C13H26FNO4S/c1-13(2,3)19-12(16)15-10-8-6-4-5-7-9-11-20(14,17)18/h4-11H2,1-3H3,(H,15,16). The van der Waals surface area contributed by atoms with Gasteiger partial charge in [0.05, 0.1) is 5.75 Å². The Morgan fingerprint density at radius 2 is 1.55 bits per heavy atom. The summed E-state index contributed by atoms with van der Waals surface area (Å²) in [6.07, 6.45) is 4.28. The van der Waals surface area contributed by atoms with Crippen molar-refractivity contribution in [2.75, 3.05) is 12.3 Å². The Morgan fingerprint density at radius 3 is 2.05 bits per heavy atom. The van der Waals surface area contributed by atoms with Crippen molar-refractivity contribution in [3.05, 3.63) is 0 Å². The molecule has 0 saturated heterocycles. The molecule has 0 aliphatic heterocycles. The molecule has 0 aromatic carbocycles. The summed E-state index contributed by atoms with van der Waals surface area (Å²) < 4.78 is 37.8. The molecular formula is C13H26FNO4S. The zero-order valence-corrected chi connectivity index (χ0v) is 13.4. The van der Waals surface area contributed by atoms with Gasteiger partial charge in [0.25, 0.3) is 0 Å². The van der Waals surface area contributed by atoms with Gasteiger partial charge in [0.1, 0.15) is 5.60 Å². The Balaban J connectivity index is 3.35. The van der Waals surface area contributed by atoms with Crippen molar-refractivity contribution >= 4 is 16.3 Å². The topological polar surface area (TPSA) is 72.5 Å². The molecule has 0 saturated carbocycles. The van der Waals surface area contributed by atoms with Crippen LogP contribution in [0, 0.1) is 0 Å². The Hall–Kier alpha value is -0.850. The molecular weight excluding hydrogens is 285 g/mol. The summed E-state index contributed by atoms with van der Waals surface area (Å²) in [5.74, 6) is -0.382. The molecule has 0 rings (SSSR count). The third-order valence-corrected chi connectivity index (χ3v) is 3.26. The fraction of sp³-hybridized carbons (Fsp3) is 0.923. The van der Waals surface area contributed by atoms with Crippen molar-refractivity contribution in [3.8, 4) is 0 Å². The fourth-order valence-electron chi connectivity index (χ4n) is 1.61. The summed E-state index contributed by atoms with van der Waals surface area (Å²) in [6.45, 7) is 5.99. The molecule has 1 amide bonds. The highest BCUT2D eigenvalue weighted by atomic mass is 32.3. The van der Waals surface area contributed by atoms with E-state index in [1.54, 1.807) is 0 Å². The lowest BCUT2D eigenvalue weighted by atomic mass is 10.1. The van der Waals surface area contributed by atoms with E-state index in [0.29, 0.717) is 19.4 Å². The van der Waals surface area contributed by atoms with Crippen LogP contribution in [0.25, 0.3) is 0 Å². The smallest absolute Gasteiger partial charge is 0.407 e. The van der Waals surface area contributed by atoms with Gasteiger partial charge in [-0.15, -0.1) is 3.89 Å². The normalized spacial score (nSPS) is 12.2. The van der Waals surface area contributed by atoms with E-state index in [0.717, 1.165) is 25.7 Å². The van der Waals surface area contributed by atoms with Crippen LogP contribution in [0.15, 0.2) is 0 Å². The van der Waals surface area contributed by atoms with Crippen LogP contribution in [-0.2, 0) is 15.0 Å². The molecule has 0 unspecified atom stereocenters. The van der Waals surface area contributed by atoms with E-state index < -0.39 is 21.9 Å². The van der Waals surface area contributed by atoms with Crippen molar-refractivity contribution in [2.45, 2.75) is 64.9 Å². The lowest BCUT2D eigenvalue weighted by Gasteiger charge is -2.19. The van der Waals surface area contributed by atoms with Gasteiger partial charge in [0, 0.05) is 6.54 Å². The van der Waals surface area contributed by atoms with E-state index in [4.69, 9.17) is 4.74 Å². The van der Waals surface area contributed by atoms with E-state index in [-0.39, 0.29) is 5.75 Å². The summed E-state index contributed by atoms with van der Waals surface area (Å²) in [5.41, 5.74) is -0.485. The van der Waals surface area contributed by atoms with E-state index in [1.807, 2.05) is 20.8 Å². The molecule has 5 nitrogen and oxygen atoms in total. The summed E-state index contributed by atoms with van der Waals surface area (Å²) >= 11 is 0. The van der Waals surface area contributed by atoms with Gasteiger partial charge in [-0.3, -0.25) is 0 Å². The average molecular weight is 311 g/mol. The van der Waals surface area contributed by atoms with Crippen LogP contribution in [-0.4, -0.2) is 32.4 Å². The Labute approximate surface area is 121 Å². The maximum Gasteiger partial charge on any atom is 0.407 e. The number of rotatable bonds is 9. The Morgan fingerprint density at radius 1 is 1.05 bits per heavy atom. The van der Waals surface area contributed by atoms with Crippen molar-refractivity contribution in [1.29, 1.82) is 0 Å². The third kappa shape index (κ3) is 15.2. The minimum Gasteiger partial charge on any atom is -0.444 e. The van der Waals surface area contributed by atoms with Crippen LogP contribution in [0.1, 0.15) is 59.3 Å². The monoisotopic (exact) mass is 311 g/mol. The molecule has 7 heteroatoms. The van der Waals surface area contributed by atoms with Gasteiger partial charge in [0.2, 0.25) is 0 Å². The number of carbonyl (C=O) groups is 1. The number of carbonyl (C=O) groups excluding carboxylic acids is 1. The molecule has 0 aromatic heterocycles. The second kappa shape index (κ2) is 9.15. The second-order valence-corrected chi connectivity index (χ2v) is 7.28. The molecule has 0 radical (unpaired) electrons. The zero-order valence-electron chi connectivity index (χ0n) is 12.6. The molecule has 0 aliphatic carbocycles. The van der Waals surface area contributed by atoms with E-state index in [9.17, 15) is 17.1 Å². The van der Waals surface area contributed by atoms with Crippen LogP contribution in [0.4, 0.5) is 8.68 Å². The third-order valence-electron chi connectivity index (χ3n) is 2.48. The van der Waals surface area contributed by atoms with Gasteiger partial charge >= 0.3 is 16.3 Å². The quantitative estimate of drug-likeness (QED) is 0.524.